The summed E-state index contributed by atoms with van der Waals surface area (Å²) in [6.07, 6.45) is -3.24. The first-order chi connectivity index (χ1) is 7.56. The van der Waals surface area contributed by atoms with Crippen molar-refractivity contribution in [1.82, 2.24) is 4.90 Å². The van der Waals surface area contributed by atoms with Crippen molar-refractivity contribution >= 4 is 6.09 Å². The summed E-state index contributed by atoms with van der Waals surface area (Å²) in [5, 5.41) is 23.0. The Labute approximate surface area is 91.0 Å². The van der Waals surface area contributed by atoms with Crippen LogP contribution >= 0.6 is 0 Å². The highest BCUT2D eigenvalue weighted by atomic mass is 16.6. The molecule has 0 aromatic heterocycles. The minimum atomic E-state index is -1.07. The van der Waals surface area contributed by atoms with E-state index in [9.17, 15) is 15.0 Å². The highest BCUT2D eigenvalue weighted by Gasteiger charge is 2.53. The normalized spacial score (nSPS) is 42.3. The summed E-state index contributed by atoms with van der Waals surface area (Å²) in [7, 11) is 1.50. The van der Waals surface area contributed by atoms with Gasteiger partial charge in [-0.05, 0) is 12.0 Å². The first kappa shape index (κ1) is 11.0. The molecule has 88 valence electrons. The molecule has 1 saturated carbocycles. The topological polar surface area (TPSA) is 119 Å². The average Bonchev–Trinajstić information content (AvgIpc) is 2.53. The van der Waals surface area contributed by atoms with E-state index in [4.69, 9.17) is 10.3 Å². The van der Waals surface area contributed by atoms with Gasteiger partial charge in [0, 0.05) is 12.0 Å². The van der Waals surface area contributed by atoms with Gasteiger partial charge in [0.25, 0.3) is 0 Å². The largest absolute Gasteiger partial charge is 0.441 e. The Hall–Kier alpha value is -1.50. The van der Waals surface area contributed by atoms with Gasteiger partial charge in [-0.15, -0.1) is 0 Å². The molecule has 8 nitrogen and oxygen atoms in total. The van der Waals surface area contributed by atoms with Crippen LogP contribution in [0.15, 0.2) is 5.11 Å². The third-order valence-electron chi connectivity index (χ3n) is 3.12. The Kier molecular flexibility index (Phi) is 2.63. The second-order valence-corrected chi connectivity index (χ2v) is 4.02. The minimum Gasteiger partial charge on any atom is -0.441 e. The second kappa shape index (κ2) is 3.82. The van der Waals surface area contributed by atoms with E-state index in [1.54, 1.807) is 0 Å². The van der Waals surface area contributed by atoms with Gasteiger partial charge in [0.2, 0.25) is 0 Å². The lowest BCUT2D eigenvalue weighted by atomic mass is 9.84. The fraction of sp³-hybridized carbons (Fsp3) is 0.875. The molecule has 2 fully saturated rings. The average molecular weight is 228 g/mol. The number of aliphatic hydroxyl groups is 2. The molecule has 5 atom stereocenters. The first-order valence-electron chi connectivity index (χ1n) is 4.90. The zero-order chi connectivity index (χ0) is 11.9. The summed E-state index contributed by atoms with van der Waals surface area (Å²) in [6, 6.07) is -1.34. The number of ether oxygens (including phenoxy) is 1. The molecular formula is C8H12N4O4. The number of aliphatic hydroxyl groups excluding tert-OH is 2. The lowest BCUT2D eigenvalue weighted by molar-refractivity contribution is -0.0649. The van der Waals surface area contributed by atoms with Gasteiger partial charge in [0.05, 0.1) is 12.1 Å². The van der Waals surface area contributed by atoms with E-state index in [1.165, 1.54) is 11.9 Å². The Balaban J connectivity index is 2.25. The molecule has 8 heteroatoms. The lowest BCUT2D eigenvalue weighted by Crippen LogP contribution is -2.56. The highest BCUT2D eigenvalue weighted by molar-refractivity contribution is 5.70. The maximum Gasteiger partial charge on any atom is 0.410 e. The number of hydrogen-bond donors (Lipinski definition) is 2. The zero-order valence-corrected chi connectivity index (χ0v) is 8.59. The molecule has 0 aromatic rings. The van der Waals surface area contributed by atoms with Crippen molar-refractivity contribution in [3.05, 3.63) is 10.4 Å². The first-order valence-corrected chi connectivity index (χ1v) is 4.90. The number of carbonyl (C=O) groups excluding carboxylic acids is 1. The molecule has 0 bridgehead atoms. The molecule has 1 heterocycles. The van der Waals surface area contributed by atoms with Crippen molar-refractivity contribution in [3.8, 4) is 0 Å². The quantitative estimate of drug-likeness (QED) is 0.361. The smallest absolute Gasteiger partial charge is 0.410 e. The maximum absolute atomic E-state index is 11.3. The number of amides is 1. The fourth-order valence-corrected chi connectivity index (χ4v) is 2.29. The van der Waals surface area contributed by atoms with E-state index in [2.05, 4.69) is 10.0 Å². The summed E-state index contributed by atoms with van der Waals surface area (Å²) >= 11 is 0. The van der Waals surface area contributed by atoms with E-state index in [0.717, 1.165) is 0 Å². The molecule has 0 unspecified atom stereocenters. The van der Waals surface area contributed by atoms with Gasteiger partial charge >= 0.3 is 6.09 Å². The van der Waals surface area contributed by atoms with Crippen molar-refractivity contribution in [2.24, 2.45) is 5.11 Å². The Morgan fingerprint density at radius 3 is 2.94 bits per heavy atom. The van der Waals surface area contributed by atoms with E-state index in [-0.39, 0.29) is 6.42 Å². The molecule has 0 aromatic carbocycles. The van der Waals surface area contributed by atoms with Gasteiger partial charge in [-0.1, -0.05) is 5.11 Å². The van der Waals surface area contributed by atoms with Crippen molar-refractivity contribution in [2.75, 3.05) is 7.05 Å². The number of azide groups is 1. The summed E-state index contributed by atoms with van der Waals surface area (Å²) in [5.74, 6) is 0. The van der Waals surface area contributed by atoms with Crippen LogP contribution in [0.25, 0.3) is 10.4 Å². The summed E-state index contributed by atoms with van der Waals surface area (Å²) in [5.41, 5.74) is 8.31. The van der Waals surface area contributed by atoms with Crippen LogP contribution in [-0.2, 0) is 4.74 Å². The van der Waals surface area contributed by atoms with Crippen LogP contribution in [-0.4, -0.2) is 58.6 Å². The molecule has 0 radical (unpaired) electrons. The Morgan fingerprint density at radius 2 is 2.31 bits per heavy atom. The highest BCUT2D eigenvalue weighted by Crippen LogP contribution is 2.32. The lowest BCUT2D eigenvalue weighted by Gasteiger charge is -2.37. The van der Waals surface area contributed by atoms with Crippen molar-refractivity contribution in [3.63, 3.8) is 0 Å². The van der Waals surface area contributed by atoms with Gasteiger partial charge in [-0.25, -0.2) is 4.79 Å². The minimum absolute atomic E-state index is 0.118. The molecule has 1 aliphatic heterocycles. The number of likely N-dealkylation sites (N-methyl/N-ethyl adjacent to an activating group) is 1. The van der Waals surface area contributed by atoms with Crippen LogP contribution in [0.4, 0.5) is 4.79 Å². The molecule has 1 aliphatic carbocycles. The molecule has 2 rings (SSSR count). The van der Waals surface area contributed by atoms with Crippen LogP contribution < -0.4 is 0 Å². The monoisotopic (exact) mass is 228 g/mol. The van der Waals surface area contributed by atoms with E-state index >= 15 is 0 Å². The summed E-state index contributed by atoms with van der Waals surface area (Å²) < 4.78 is 4.93. The molecule has 1 saturated heterocycles. The SMILES string of the molecule is CN1C(=O)O[C@H]2[C@H](O)[C@@H](N=[N+]=[N-])C[C@H](O)[C@H]21. The molecule has 2 N–H and O–H groups in total. The van der Waals surface area contributed by atoms with Gasteiger partial charge in [0.15, 0.2) is 6.10 Å². The predicted molar refractivity (Wildman–Crippen MR) is 51.4 cm³/mol. The summed E-state index contributed by atoms with van der Waals surface area (Å²) in [6.45, 7) is 0. The van der Waals surface area contributed by atoms with Crippen LogP contribution in [0.3, 0.4) is 0 Å². The van der Waals surface area contributed by atoms with E-state index in [0.29, 0.717) is 0 Å². The molecule has 1 amide bonds. The van der Waals surface area contributed by atoms with Crippen LogP contribution in [0.1, 0.15) is 6.42 Å². The second-order valence-electron chi connectivity index (χ2n) is 4.02. The third kappa shape index (κ3) is 1.47. The number of hydrogen-bond acceptors (Lipinski definition) is 5. The number of nitrogens with zero attached hydrogens (tertiary/aromatic N) is 4. The third-order valence-corrected chi connectivity index (χ3v) is 3.12. The van der Waals surface area contributed by atoms with Crippen molar-refractivity contribution in [1.29, 1.82) is 0 Å². The maximum atomic E-state index is 11.3. The van der Waals surface area contributed by atoms with Gasteiger partial charge < -0.3 is 19.8 Å². The zero-order valence-electron chi connectivity index (χ0n) is 8.59. The van der Waals surface area contributed by atoms with Crippen LogP contribution in [0, 0.1) is 0 Å². The van der Waals surface area contributed by atoms with Crippen molar-refractivity contribution < 1.29 is 19.7 Å². The fourth-order valence-electron chi connectivity index (χ4n) is 2.29. The molecule has 0 spiro atoms. The number of fused-ring (bicyclic) bond motifs is 1. The van der Waals surface area contributed by atoms with Gasteiger partial charge in [-0.3, -0.25) is 0 Å². The van der Waals surface area contributed by atoms with E-state index < -0.39 is 36.5 Å². The van der Waals surface area contributed by atoms with Gasteiger partial charge in [-0.2, -0.15) is 0 Å². The molecule has 2 aliphatic rings. The van der Waals surface area contributed by atoms with Crippen LogP contribution in [0.5, 0.6) is 0 Å². The molecular weight excluding hydrogens is 216 g/mol. The van der Waals surface area contributed by atoms with Crippen molar-refractivity contribution in [2.45, 2.75) is 36.8 Å². The Morgan fingerprint density at radius 1 is 1.62 bits per heavy atom. The van der Waals surface area contributed by atoms with E-state index in [1.807, 2.05) is 0 Å². The predicted octanol–water partition coefficient (Wildman–Crippen LogP) is -0.390. The number of rotatable bonds is 1. The molecule has 16 heavy (non-hydrogen) atoms. The van der Waals surface area contributed by atoms with Gasteiger partial charge in [0.1, 0.15) is 12.1 Å². The Bertz CT molecular complexity index is 356. The number of carbonyl (C=O) groups is 1. The van der Waals surface area contributed by atoms with Crippen LogP contribution in [0.2, 0.25) is 0 Å². The summed E-state index contributed by atoms with van der Waals surface area (Å²) in [4.78, 5) is 15.1. The standard InChI is InChI=1S/C8H12N4O4/c1-12-5-4(13)2-3(10-11-9)6(14)7(5)16-8(12)15/h3-7,13-14H,2H2,1H3/t3-,4-,5+,6+,7+/m0/s1.